The molecule has 790 valence electrons. The van der Waals surface area contributed by atoms with Crippen molar-refractivity contribution in [1.29, 1.82) is 0 Å². The molecule has 0 spiro atoms. The number of aromatic hydroxyl groups is 1. The minimum atomic E-state index is -0.834. The number of anilines is 2. The molecule has 1 aromatic heterocycles. The second-order valence-electron chi connectivity index (χ2n) is 35.9. The molecule has 149 heavy (non-hydrogen) atoms. The van der Waals surface area contributed by atoms with Crippen LogP contribution in [0.5, 0.6) is 23.0 Å². The number of benzene rings is 8. The first-order valence-electron chi connectivity index (χ1n) is 50.0. The number of phenolic OH excluding ortho intramolecular Hbond substituents is 1. The molecule has 43 heteroatoms. The first-order chi connectivity index (χ1) is 71.9. The first kappa shape index (κ1) is 113. The van der Waals surface area contributed by atoms with Crippen molar-refractivity contribution >= 4 is 94.1 Å². The normalized spacial score (nSPS) is 18.1. The predicted octanol–water partition coefficient (Wildman–Crippen LogP) is 2.70. The molecule has 0 saturated carbocycles. The molecule has 5 aliphatic rings. The molecule has 0 radical (unpaired) electrons. The van der Waals surface area contributed by atoms with E-state index in [1.165, 1.54) is 72.8 Å². The number of aromatic nitrogens is 3. The Morgan fingerprint density at radius 2 is 0.839 bits per heavy atom. The fourth-order valence-electron chi connectivity index (χ4n) is 17.5. The standard InChI is InChI=1S/C106H129N21O21.Tb/c128-89(32-14-33-90(129)108-48-62-146-64-66-148-67-65-147-63-61-126-70-75(120-121-126)68-116-91(130)38-39-92(131)119-87-30-15-49-127(88-31-7-6-21-78(87)88)106(145)72-34-36-73(37-35-72)117-104(143)77-20-5-4-19-76(77)71-16-2-1-3-17-71)107-40-9-8-18-74-69-125-56-47-115-102(141)84-27-12-26-83(95(84)134)99(138)111-43-52-123(53-44-114-103(142)85-28-13-29-86(96(85)135)105(144)118-74)58-57-122-50-41-109-97(136)79-22-10-24-81(93(79)132)100(139)112-45-54-124(59-60-125)55-46-113-101(140)82-25-11-23-80(94(82)133)98(137)110-42-51-122;/h1-7,10-13,16-17,19-29,31,34-37,70,74,87,132-135H,8-9,14-15,18,30,32-33,38-69H2,(H,107,128)(H,108,129)(H,109,136)(H,110,137)(H,111,138)(H,112,139)(H,113,140)(H,114,142)(H,115,141)(H,116,130)(H,117,143)(H,118,144)(H,119,131);/q;+3/p-3/t74-,87?;/m0./s1. The maximum atomic E-state index is 14.7. The molecule has 0 aliphatic carbocycles. The van der Waals surface area contributed by atoms with E-state index in [2.05, 4.69) is 79.4 Å². The Labute approximate surface area is 893 Å². The summed E-state index contributed by atoms with van der Waals surface area (Å²) in [6, 6.07) is 46.3. The van der Waals surface area contributed by atoms with Gasteiger partial charge in [-0.2, -0.15) is 0 Å². The molecule has 8 aromatic carbocycles. The molecular weight excluding hydrogens is 2060 g/mol. The van der Waals surface area contributed by atoms with Crippen LogP contribution in [-0.4, -0.2) is 312 Å². The van der Waals surface area contributed by atoms with Crippen LogP contribution in [0.1, 0.15) is 185 Å². The molecule has 12 bridgehead atoms. The number of hydrogen-bond donors (Lipinski definition) is 14. The van der Waals surface area contributed by atoms with Crippen LogP contribution < -0.4 is 89.3 Å². The molecule has 14 amide bonds. The molecule has 4 atom stereocenters. The number of amides is 14. The second kappa shape index (κ2) is 59.0. The molecule has 0 saturated heterocycles. The molecule has 6 heterocycles. The molecule has 3 unspecified atom stereocenters. The largest absolute Gasteiger partial charge is 3.00 e. The number of nitrogens with zero attached hydrogens (tertiary/aromatic N) is 8. The van der Waals surface area contributed by atoms with Gasteiger partial charge in [0.2, 0.25) is 23.6 Å². The first-order valence-corrected chi connectivity index (χ1v) is 50.0. The van der Waals surface area contributed by atoms with Crippen LogP contribution in [0.3, 0.4) is 0 Å². The van der Waals surface area contributed by atoms with E-state index in [4.69, 9.17) is 14.2 Å². The van der Waals surface area contributed by atoms with E-state index in [0.717, 1.165) is 16.7 Å². The van der Waals surface area contributed by atoms with E-state index in [-0.39, 0.29) is 334 Å². The van der Waals surface area contributed by atoms with Gasteiger partial charge in [-0.1, -0.05) is 150 Å². The SMILES string of the molecule is O=C(CCCC(=O)NCCOCCOCCOCCn1cc(CNC(=O)CCC(=O)NC2CCCN(C(=O)c3ccc(NC(=O)c4ccccc4-c4ccccc4)cc3)c3ccccc32)nn1)NCCCC[C@H]1CN2CCNC(=O)c3cccc(c3[O-])C(=O)NCCN(CCNC(=O)c3cccc(c3O)C(=O)N1)CCN1CCNC(=O)c3cccc(c3[O-])C(=O)NCCN(CCNC(=O)c3cccc(c3[O-])C(=O)NCC1)CC2.[Tb+3]. The van der Waals surface area contributed by atoms with E-state index < -0.39 is 82.3 Å². The Hall–Kier alpha value is -14.3. The third-order valence-electron chi connectivity index (χ3n) is 25.5. The molecule has 9 aromatic rings. The van der Waals surface area contributed by atoms with Crippen molar-refractivity contribution in [3.8, 4) is 34.1 Å². The summed E-state index contributed by atoms with van der Waals surface area (Å²) in [6.07, 6.45) is 4.04. The van der Waals surface area contributed by atoms with Crippen molar-refractivity contribution in [2.24, 2.45) is 0 Å². The zero-order valence-electron chi connectivity index (χ0n) is 82.8. The summed E-state index contributed by atoms with van der Waals surface area (Å²) in [5.74, 6) is -11.0. The van der Waals surface area contributed by atoms with Crippen molar-refractivity contribution in [2.75, 3.05) is 194 Å². The number of carbonyl (C=O) groups excluding carboxylic acids is 14. The van der Waals surface area contributed by atoms with E-state index in [1.54, 1.807) is 46.1 Å². The van der Waals surface area contributed by atoms with Gasteiger partial charge in [0.1, 0.15) is 11.4 Å². The van der Waals surface area contributed by atoms with Gasteiger partial charge in [0.15, 0.2) is 0 Å². The number of phenols is 1. The molecule has 0 fully saturated rings. The van der Waals surface area contributed by atoms with Gasteiger partial charge in [-0.3, -0.25) is 86.7 Å². The average Bonchev–Trinajstić information content (AvgIpc) is 1.74. The third kappa shape index (κ3) is 34.4. The quantitative estimate of drug-likeness (QED) is 0.0278. The van der Waals surface area contributed by atoms with Gasteiger partial charge in [-0.05, 0) is 104 Å². The smallest absolute Gasteiger partial charge is 0.871 e. The summed E-state index contributed by atoms with van der Waals surface area (Å²) in [4.78, 5) is 202. The average molecular weight is 2190 g/mol. The van der Waals surface area contributed by atoms with Crippen LogP contribution in [0.4, 0.5) is 11.4 Å². The third-order valence-corrected chi connectivity index (χ3v) is 25.5. The number of fused-ring (bicyclic) bond motifs is 17. The van der Waals surface area contributed by atoms with Gasteiger partial charge < -0.3 is 109 Å². The Morgan fingerprint density at radius 1 is 0.409 bits per heavy atom. The molecular formula is C106H126N21O21Tb. The topological polar surface area (TPSA) is 559 Å². The van der Waals surface area contributed by atoms with Gasteiger partial charge in [0.05, 0.1) is 76.1 Å². The Bertz CT molecular complexity index is 6030. The van der Waals surface area contributed by atoms with Crippen molar-refractivity contribution in [2.45, 2.75) is 89.4 Å². The van der Waals surface area contributed by atoms with Crippen molar-refractivity contribution in [3.63, 3.8) is 0 Å². The fourth-order valence-corrected chi connectivity index (χ4v) is 17.5. The van der Waals surface area contributed by atoms with E-state index in [9.17, 15) is 87.5 Å². The maximum Gasteiger partial charge on any atom is 3.00 e. The fraction of sp³-hybridized carbons (Fsp3) is 0.396. The summed E-state index contributed by atoms with van der Waals surface area (Å²) < 4.78 is 18.6. The molecule has 42 nitrogen and oxygen atoms in total. The summed E-state index contributed by atoms with van der Waals surface area (Å²) >= 11 is 0. The van der Waals surface area contributed by atoms with Gasteiger partial charge >= 0.3 is 38.6 Å². The van der Waals surface area contributed by atoms with Crippen LogP contribution in [0.25, 0.3) is 11.1 Å². The Kier molecular flexibility index (Phi) is 44.9. The van der Waals surface area contributed by atoms with Crippen LogP contribution >= 0.6 is 0 Å². The predicted molar refractivity (Wildman–Crippen MR) is 541 cm³/mol. The summed E-state index contributed by atoms with van der Waals surface area (Å²) in [5.41, 5.74) is 2.87. The number of unbranched alkanes of at least 4 members (excludes halogenated alkanes) is 1. The number of ether oxygens (including phenoxy) is 3. The van der Waals surface area contributed by atoms with Gasteiger partial charge in [-0.25, -0.2) is 4.68 Å². The number of rotatable bonds is 31. The number of hydrogen-bond acceptors (Lipinski definition) is 27. The number of carbonyl (C=O) groups is 14. The van der Waals surface area contributed by atoms with E-state index in [0.29, 0.717) is 73.6 Å². The van der Waals surface area contributed by atoms with Crippen molar-refractivity contribution in [1.82, 2.24) is 98.4 Å². The van der Waals surface area contributed by atoms with Gasteiger partial charge in [-0.15, -0.1) is 5.10 Å². The molecule has 14 N–H and O–H groups in total. The summed E-state index contributed by atoms with van der Waals surface area (Å²) in [7, 11) is 0. The van der Waals surface area contributed by atoms with E-state index in [1.807, 2.05) is 92.4 Å². The summed E-state index contributed by atoms with van der Waals surface area (Å²) in [5, 5.41) is 99.3. The minimum absolute atomic E-state index is 0. The zero-order valence-corrected chi connectivity index (χ0v) is 84.9. The second-order valence-corrected chi connectivity index (χ2v) is 35.9. The molecule has 5 aliphatic heterocycles. The molecule has 14 rings (SSSR count). The van der Waals surface area contributed by atoms with Crippen LogP contribution in [0, 0.1) is 38.6 Å². The van der Waals surface area contributed by atoms with Gasteiger partial charge in [0.25, 0.3) is 59.1 Å². The van der Waals surface area contributed by atoms with Crippen LogP contribution in [0.15, 0.2) is 182 Å². The van der Waals surface area contributed by atoms with Crippen molar-refractivity contribution in [3.05, 3.63) is 249 Å². The Morgan fingerprint density at radius 3 is 1.37 bits per heavy atom. The zero-order chi connectivity index (χ0) is 104. The Balaban J connectivity index is 0.0000197. The van der Waals surface area contributed by atoms with Crippen LogP contribution in [-0.2, 0) is 46.5 Å². The van der Waals surface area contributed by atoms with Gasteiger partial charge in [0, 0.05) is 232 Å². The van der Waals surface area contributed by atoms with E-state index >= 15 is 0 Å². The monoisotopic (exact) mass is 2190 g/mol. The number of nitrogens with one attached hydrogen (secondary N) is 13. The summed E-state index contributed by atoms with van der Waals surface area (Å²) in [6.45, 7) is 3.46. The maximum absolute atomic E-state index is 14.7. The number of para-hydroxylation sites is 5. The van der Waals surface area contributed by atoms with Crippen molar-refractivity contribution < 1.29 is 140 Å². The van der Waals surface area contributed by atoms with Crippen LogP contribution in [0.2, 0.25) is 0 Å². The minimum Gasteiger partial charge on any atom is -0.871 e.